The van der Waals surface area contributed by atoms with Gasteiger partial charge in [0.15, 0.2) is 6.61 Å². The lowest BCUT2D eigenvalue weighted by atomic mass is 10.4. The van der Waals surface area contributed by atoms with Crippen LogP contribution in [0.3, 0.4) is 0 Å². The van der Waals surface area contributed by atoms with E-state index in [-0.39, 0.29) is 11.6 Å². The van der Waals surface area contributed by atoms with Crippen molar-refractivity contribution < 1.29 is 17.9 Å². The lowest BCUT2D eigenvalue weighted by Gasteiger charge is -2.08. The summed E-state index contributed by atoms with van der Waals surface area (Å²) in [5, 5.41) is 0. The number of hydrogen-bond donors (Lipinski definition) is 1. The van der Waals surface area contributed by atoms with Gasteiger partial charge in [-0.3, -0.25) is 0 Å². The lowest BCUT2D eigenvalue weighted by Crippen LogP contribution is -2.19. The normalized spacial score (nSPS) is 11.3. The van der Waals surface area contributed by atoms with E-state index in [2.05, 4.69) is 9.72 Å². The predicted octanol–water partition coefficient (Wildman–Crippen LogP) is 1.60. The van der Waals surface area contributed by atoms with Crippen LogP contribution in [-0.2, 0) is 0 Å². The molecule has 1 aromatic heterocycles. The Morgan fingerprint density at radius 1 is 1.38 bits per heavy atom. The number of nitrogen functional groups attached to an aromatic ring is 1. The van der Waals surface area contributed by atoms with Crippen molar-refractivity contribution in [2.45, 2.75) is 6.18 Å². The molecule has 3 nitrogen and oxygen atoms in total. The maximum absolute atomic E-state index is 11.7. The molecule has 0 bridgehead atoms. The smallest absolute Gasteiger partial charge is 0.422 e. The van der Waals surface area contributed by atoms with Gasteiger partial charge in [-0.15, -0.1) is 0 Å². The van der Waals surface area contributed by atoms with Crippen LogP contribution in [0, 0.1) is 0 Å². The molecule has 1 rings (SSSR count). The zero-order chi connectivity index (χ0) is 9.90. The molecule has 0 atom stereocenters. The van der Waals surface area contributed by atoms with Crippen molar-refractivity contribution in [1.29, 1.82) is 0 Å². The number of halogens is 3. The molecule has 1 heterocycles. The minimum absolute atomic E-state index is 0.0477. The summed E-state index contributed by atoms with van der Waals surface area (Å²) in [6.07, 6.45) is -3.19. The van der Waals surface area contributed by atoms with E-state index in [1.807, 2.05) is 0 Å². The summed E-state index contributed by atoms with van der Waals surface area (Å²) >= 11 is 0. The van der Waals surface area contributed by atoms with Crippen molar-refractivity contribution in [2.75, 3.05) is 12.3 Å². The van der Waals surface area contributed by atoms with Crippen LogP contribution in [0.5, 0.6) is 5.75 Å². The Balaban J connectivity index is 2.51. The Morgan fingerprint density at radius 3 is 2.54 bits per heavy atom. The van der Waals surface area contributed by atoms with Gasteiger partial charge in [0.05, 0.1) is 6.20 Å². The van der Waals surface area contributed by atoms with Crippen LogP contribution in [0.2, 0.25) is 0 Å². The summed E-state index contributed by atoms with van der Waals surface area (Å²) in [5.41, 5.74) is 5.22. The fourth-order valence-corrected chi connectivity index (χ4v) is 0.642. The first-order chi connectivity index (χ1) is 5.97. The highest BCUT2D eigenvalue weighted by atomic mass is 19.4. The van der Waals surface area contributed by atoms with Crippen molar-refractivity contribution in [1.82, 2.24) is 4.98 Å². The summed E-state index contributed by atoms with van der Waals surface area (Å²) in [7, 11) is 0. The Hall–Kier alpha value is -1.46. The van der Waals surface area contributed by atoms with Crippen LogP contribution >= 0.6 is 0 Å². The molecule has 0 fully saturated rings. The second-order valence-electron chi connectivity index (χ2n) is 2.32. The molecule has 0 aliphatic carbocycles. The van der Waals surface area contributed by atoms with Crippen molar-refractivity contribution >= 4 is 5.82 Å². The van der Waals surface area contributed by atoms with Gasteiger partial charge in [0, 0.05) is 0 Å². The molecule has 6 heteroatoms. The van der Waals surface area contributed by atoms with Crippen LogP contribution in [-0.4, -0.2) is 17.8 Å². The number of alkyl halides is 3. The number of ether oxygens (including phenoxy) is 1. The Bertz CT molecular complexity index is 270. The summed E-state index contributed by atoms with van der Waals surface area (Å²) in [6, 6.07) is 2.69. The largest absolute Gasteiger partial charge is 0.483 e. The minimum Gasteiger partial charge on any atom is -0.483 e. The standard InChI is InChI=1S/C7H7F3N2O/c8-7(9,10)4-13-5-1-2-6(11)12-3-5/h1-3H,4H2,(H2,11,12). The molecule has 13 heavy (non-hydrogen) atoms. The number of hydrogen-bond acceptors (Lipinski definition) is 3. The molecule has 1 aromatic rings. The van der Waals surface area contributed by atoms with Gasteiger partial charge >= 0.3 is 6.18 Å². The Labute approximate surface area is 72.3 Å². The first-order valence-electron chi connectivity index (χ1n) is 3.38. The monoisotopic (exact) mass is 192 g/mol. The highest BCUT2D eigenvalue weighted by Crippen LogP contribution is 2.17. The second-order valence-corrected chi connectivity index (χ2v) is 2.32. The maximum atomic E-state index is 11.7. The third kappa shape index (κ3) is 3.64. The third-order valence-electron chi connectivity index (χ3n) is 1.16. The molecule has 0 amide bonds. The molecule has 0 aliphatic rings. The second kappa shape index (κ2) is 3.51. The fourth-order valence-electron chi connectivity index (χ4n) is 0.642. The molecule has 2 N–H and O–H groups in total. The molecular weight excluding hydrogens is 185 g/mol. The number of aromatic nitrogens is 1. The van der Waals surface area contributed by atoms with Crippen LogP contribution < -0.4 is 10.5 Å². The molecule has 0 unspecified atom stereocenters. The summed E-state index contributed by atoms with van der Waals surface area (Å²) in [4.78, 5) is 3.57. The highest BCUT2D eigenvalue weighted by Gasteiger charge is 2.28. The Morgan fingerprint density at radius 2 is 2.08 bits per heavy atom. The SMILES string of the molecule is Nc1ccc(OCC(F)(F)F)cn1. The van der Waals surface area contributed by atoms with Gasteiger partial charge in [-0.25, -0.2) is 4.98 Å². The van der Waals surface area contributed by atoms with Gasteiger partial charge in [-0.2, -0.15) is 13.2 Å². The summed E-state index contributed by atoms with van der Waals surface area (Å²) in [5.74, 6) is 0.283. The highest BCUT2D eigenvalue weighted by molar-refractivity contribution is 5.32. The molecule has 0 aliphatic heterocycles. The van der Waals surface area contributed by atoms with E-state index in [4.69, 9.17) is 5.73 Å². The van der Waals surface area contributed by atoms with E-state index in [9.17, 15) is 13.2 Å². The summed E-state index contributed by atoms with van der Waals surface area (Å²) in [6.45, 7) is -1.32. The quantitative estimate of drug-likeness (QED) is 0.774. The van der Waals surface area contributed by atoms with Gasteiger partial charge < -0.3 is 10.5 Å². The van der Waals surface area contributed by atoms with Crippen LogP contribution in [0.15, 0.2) is 18.3 Å². The molecule has 0 spiro atoms. The van der Waals surface area contributed by atoms with Crippen LogP contribution in [0.4, 0.5) is 19.0 Å². The van der Waals surface area contributed by atoms with Crippen molar-refractivity contribution in [3.05, 3.63) is 18.3 Å². The zero-order valence-electron chi connectivity index (χ0n) is 6.51. The van der Waals surface area contributed by atoms with Gasteiger partial charge in [0.25, 0.3) is 0 Å². The van der Waals surface area contributed by atoms with Gasteiger partial charge in [0.2, 0.25) is 0 Å². The van der Waals surface area contributed by atoms with E-state index < -0.39 is 12.8 Å². The average molecular weight is 192 g/mol. The Kier molecular flexibility index (Phi) is 2.60. The van der Waals surface area contributed by atoms with Crippen molar-refractivity contribution in [3.8, 4) is 5.75 Å². The van der Waals surface area contributed by atoms with E-state index in [0.717, 1.165) is 6.20 Å². The van der Waals surface area contributed by atoms with Crippen molar-refractivity contribution in [3.63, 3.8) is 0 Å². The number of rotatable bonds is 2. The van der Waals surface area contributed by atoms with E-state index in [0.29, 0.717) is 0 Å². The van der Waals surface area contributed by atoms with Gasteiger partial charge in [-0.1, -0.05) is 0 Å². The van der Waals surface area contributed by atoms with E-state index in [1.54, 1.807) is 0 Å². The maximum Gasteiger partial charge on any atom is 0.422 e. The molecule has 72 valence electrons. The third-order valence-corrected chi connectivity index (χ3v) is 1.16. The van der Waals surface area contributed by atoms with Gasteiger partial charge in [-0.05, 0) is 12.1 Å². The van der Waals surface area contributed by atoms with Crippen molar-refractivity contribution in [2.24, 2.45) is 0 Å². The van der Waals surface area contributed by atoms with E-state index in [1.165, 1.54) is 12.1 Å². The van der Waals surface area contributed by atoms with Gasteiger partial charge in [0.1, 0.15) is 11.6 Å². The topological polar surface area (TPSA) is 48.1 Å². The number of anilines is 1. The number of pyridine rings is 1. The fraction of sp³-hybridized carbons (Fsp3) is 0.286. The van der Waals surface area contributed by atoms with E-state index >= 15 is 0 Å². The molecular formula is C7H7F3N2O. The molecule has 0 saturated heterocycles. The molecule has 0 radical (unpaired) electrons. The van der Waals surface area contributed by atoms with Crippen LogP contribution in [0.1, 0.15) is 0 Å². The average Bonchev–Trinajstić information content (AvgIpc) is 2.02. The predicted molar refractivity (Wildman–Crippen MR) is 40.2 cm³/mol. The number of nitrogens with zero attached hydrogens (tertiary/aromatic N) is 1. The molecule has 0 saturated carbocycles. The molecule has 0 aromatic carbocycles. The lowest BCUT2D eigenvalue weighted by molar-refractivity contribution is -0.153. The minimum atomic E-state index is -4.33. The first kappa shape index (κ1) is 9.63. The first-order valence-corrected chi connectivity index (χ1v) is 3.38. The summed E-state index contributed by atoms with van der Waals surface area (Å²) < 4.78 is 39.3. The number of nitrogens with two attached hydrogens (primary N) is 1. The zero-order valence-corrected chi connectivity index (χ0v) is 6.51. The van der Waals surface area contributed by atoms with Crippen LogP contribution in [0.25, 0.3) is 0 Å².